The Morgan fingerprint density at radius 2 is 1.97 bits per heavy atom. The number of carbonyl (C=O) groups excluding carboxylic acids is 1. The first kappa shape index (κ1) is 26.2. The van der Waals surface area contributed by atoms with Crippen LogP contribution in [-0.4, -0.2) is 48.2 Å². The summed E-state index contributed by atoms with van der Waals surface area (Å²) in [6.07, 6.45) is 5.08. The molecule has 36 heavy (non-hydrogen) atoms. The zero-order chi connectivity index (χ0) is 25.9. The minimum atomic E-state index is -0.423. The van der Waals surface area contributed by atoms with Crippen LogP contribution in [0.3, 0.4) is 0 Å². The summed E-state index contributed by atoms with van der Waals surface area (Å²) in [4.78, 5) is 14.0. The first-order chi connectivity index (χ1) is 17.2. The Labute approximate surface area is 214 Å². The number of ether oxygens (including phenoxy) is 1. The van der Waals surface area contributed by atoms with Gasteiger partial charge in [-0.05, 0) is 105 Å². The van der Waals surface area contributed by atoms with Crippen molar-refractivity contribution in [3.8, 4) is 11.5 Å². The number of carbonyl (C=O) groups is 1. The number of benzene rings is 2. The number of hydrogen-bond acceptors (Lipinski definition) is 4. The van der Waals surface area contributed by atoms with Gasteiger partial charge in [0.1, 0.15) is 22.9 Å². The number of aromatic hydroxyl groups is 1. The molecule has 1 amide bonds. The van der Waals surface area contributed by atoms with Crippen molar-refractivity contribution in [2.24, 2.45) is 0 Å². The summed E-state index contributed by atoms with van der Waals surface area (Å²) in [5, 5.41) is 13.9. The highest BCUT2D eigenvalue weighted by molar-refractivity contribution is 5.82. The van der Waals surface area contributed by atoms with Gasteiger partial charge in [0.25, 0.3) is 0 Å². The Morgan fingerprint density at radius 3 is 2.69 bits per heavy atom. The summed E-state index contributed by atoms with van der Waals surface area (Å²) >= 11 is 0. The molecule has 0 fully saturated rings. The van der Waals surface area contributed by atoms with Gasteiger partial charge in [-0.2, -0.15) is 0 Å². The molecule has 0 radical (unpaired) electrons. The summed E-state index contributed by atoms with van der Waals surface area (Å²) in [6, 6.07) is 10.7. The number of halogens is 1. The molecule has 2 aromatic carbocycles. The van der Waals surface area contributed by atoms with E-state index in [0.717, 1.165) is 74.2 Å². The van der Waals surface area contributed by atoms with Crippen molar-refractivity contribution >= 4 is 11.5 Å². The number of amides is 1. The molecule has 1 atom stereocenters. The van der Waals surface area contributed by atoms with Crippen molar-refractivity contribution in [3.05, 3.63) is 64.5 Å². The molecular formula is C30H39FN2O3. The van der Waals surface area contributed by atoms with Gasteiger partial charge >= 0.3 is 0 Å². The molecule has 2 N–H and O–H groups in total. The van der Waals surface area contributed by atoms with Gasteiger partial charge in [-0.15, -0.1) is 0 Å². The molecule has 0 aliphatic carbocycles. The predicted molar refractivity (Wildman–Crippen MR) is 142 cm³/mol. The van der Waals surface area contributed by atoms with Crippen LogP contribution in [0, 0.1) is 5.82 Å². The lowest BCUT2D eigenvalue weighted by Crippen LogP contribution is -2.42. The van der Waals surface area contributed by atoms with E-state index in [0.29, 0.717) is 6.42 Å². The van der Waals surface area contributed by atoms with E-state index in [-0.39, 0.29) is 23.4 Å². The molecule has 1 unspecified atom stereocenters. The zero-order valence-electron chi connectivity index (χ0n) is 22.0. The quantitative estimate of drug-likeness (QED) is 0.462. The van der Waals surface area contributed by atoms with E-state index in [1.165, 1.54) is 23.3 Å². The normalized spacial score (nSPS) is 17.7. The average Bonchev–Trinajstić information content (AvgIpc) is 2.84. The highest BCUT2D eigenvalue weighted by Crippen LogP contribution is 2.49. The fraction of sp³-hybridized carbons (Fsp3) is 0.500. The lowest BCUT2D eigenvalue weighted by molar-refractivity contribution is -0.120. The number of aryl methyl sites for hydroxylation is 1. The topological polar surface area (TPSA) is 61.8 Å². The van der Waals surface area contributed by atoms with E-state index >= 15 is 0 Å². The van der Waals surface area contributed by atoms with E-state index in [1.54, 1.807) is 7.05 Å². The number of nitrogens with zero attached hydrogens (tertiary/aromatic N) is 1. The molecule has 194 valence electrons. The van der Waals surface area contributed by atoms with Crippen LogP contribution in [0.5, 0.6) is 11.5 Å². The summed E-state index contributed by atoms with van der Waals surface area (Å²) in [6.45, 7) is 8.94. The highest BCUT2D eigenvalue weighted by atomic mass is 19.1. The minimum absolute atomic E-state index is 0.0708. The maximum Gasteiger partial charge on any atom is 0.219 e. The Balaban J connectivity index is 1.48. The summed E-state index contributed by atoms with van der Waals surface area (Å²) < 4.78 is 19.6. The smallest absolute Gasteiger partial charge is 0.219 e. The Morgan fingerprint density at radius 1 is 1.22 bits per heavy atom. The first-order valence-corrected chi connectivity index (χ1v) is 13.1. The largest absolute Gasteiger partial charge is 0.507 e. The molecule has 2 aromatic rings. The number of phenols is 1. The first-order valence-electron chi connectivity index (χ1n) is 13.1. The van der Waals surface area contributed by atoms with Crippen molar-refractivity contribution in [3.63, 3.8) is 0 Å². The van der Waals surface area contributed by atoms with E-state index < -0.39 is 5.60 Å². The number of phenolic OH excluding ortho intramolecular Hbond substituents is 1. The van der Waals surface area contributed by atoms with Gasteiger partial charge in [-0.25, -0.2) is 4.39 Å². The third-order valence-corrected chi connectivity index (χ3v) is 7.66. The molecule has 6 heteroatoms. The van der Waals surface area contributed by atoms with Crippen LogP contribution >= 0.6 is 0 Å². The lowest BCUT2D eigenvalue weighted by atomic mass is 9.80. The second-order valence-corrected chi connectivity index (χ2v) is 10.7. The lowest BCUT2D eigenvalue weighted by Gasteiger charge is -2.42. The summed E-state index contributed by atoms with van der Waals surface area (Å²) in [5.74, 6) is 1.16. The minimum Gasteiger partial charge on any atom is -0.507 e. The number of fused-ring (bicyclic) bond motifs is 2. The Bertz CT molecular complexity index is 1120. The van der Waals surface area contributed by atoms with Crippen LogP contribution in [0.15, 0.2) is 42.0 Å². The molecule has 0 bridgehead atoms. The van der Waals surface area contributed by atoms with Gasteiger partial charge in [0.15, 0.2) is 0 Å². The fourth-order valence-corrected chi connectivity index (χ4v) is 5.55. The molecule has 0 saturated carbocycles. The molecule has 2 aliphatic rings. The van der Waals surface area contributed by atoms with Crippen LogP contribution in [0.2, 0.25) is 0 Å². The second kappa shape index (κ2) is 11.0. The zero-order valence-corrected chi connectivity index (χ0v) is 22.0. The Kier molecular flexibility index (Phi) is 8.04. The molecule has 5 nitrogen and oxygen atoms in total. The molecule has 2 heterocycles. The number of rotatable bonds is 9. The van der Waals surface area contributed by atoms with Gasteiger partial charge in [-0.3, -0.25) is 9.69 Å². The molecule has 0 spiro atoms. The van der Waals surface area contributed by atoms with Gasteiger partial charge in [-0.1, -0.05) is 19.1 Å². The molecular weight excluding hydrogens is 455 g/mol. The average molecular weight is 495 g/mol. The van der Waals surface area contributed by atoms with E-state index in [9.17, 15) is 14.3 Å². The van der Waals surface area contributed by atoms with Crippen LogP contribution in [0.25, 0.3) is 5.57 Å². The molecule has 4 rings (SSSR count). The monoisotopic (exact) mass is 494 g/mol. The number of hydrogen-bond donors (Lipinski definition) is 2. The predicted octanol–water partition coefficient (Wildman–Crippen LogP) is 5.81. The fourth-order valence-electron chi connectivity index (χ4n) is 5.55. The van der Waals surface area contributed by atoms with Crippen molar-refractivity contribution < 1.29 is 19.0 Å². The molecule has 0 aromatic heterocycles. The third-order valence-electron chi connectivity index (χ3n) is 7.66. The van der Waals surface area contributed by atoms with E-state index in [4.69, 9.17) is 4.74 Å². The van der Waals surface area contributed by atoms with Crippen molar-refractivity contribution in [1.82, 2.24) is 10.2 Å². The Hall–Kier alpha value is -2.86. The summed E-state index contributed by atoms with van der Waals surface area (Å²) in [7, 11) is 1.67. The number of nitrogens with one attached hydrogen (secondary N) is 1. The van der Waals surface area contributed by atoms with Crippen LogP contribution < -0.4 is 10.1 Å². The van der Waals surface area contributed by atoms with E-state index in [1.807, 2.05) is 18.2 Å². The standard InChI is InChI=1S/C30H39FN2O3/c1-20(7-5-8-21-10-12-23(31)13-11-21)22-17-26(34)29-24-19-33(15-6-9-28(35)32-4)16-14-25(24)30(2,3)36-27(29)18-22/h10-13,17-18,20,34H,5-9,14-16,19H2,1-4H3,(H,32,35). The van der Waals surface area contributed by atoms with Gasteiger partial charge in [0.05, 0.1) is 5.56 Å². The van der Waals surface area contributed by atoms with Crippen molar-refractivity contribution in [1.29, 1.82) is 0 Å². The third kappa shape index (κ3) is 5.92. The summed E-state index contributed by atoms with van der Waals surface area (Å²) in [5.41, 5.74) is 5.03. The van der Waals surface area contributed by atoms with E-state index in [2.05, 4.69) is 37.1 Å². The molecule has 2 aliphatic heterocycles. The van der Waals surface area contributed by atoms with Gasteiger partial charge < -0.3 is 15.2 Å². The van der Waals surface area contributed by atoms with Crippen LogP contribution in [0.1, 0.15) is 75.5 Å². The van der Waals surface area contributed by atoms with Gasteiger partial charge in [0.2, 0.25) is 5.91 Å². The SMILES string of the molecule is CNC(=O)CCCN1CCC2=C(C1)c1c(O)cc(C(C)CCCc3ccc(F)cc3)cc1OC2(C)C. The maximum absolute atomic E-state index is 13.2. The van der Waals surface area contributed by atoms with Crippen LogP contribution in [-0.2, 0) is 11.2 Å². The van der Waals surface area contributed by atoms with Gasteiger partial charge in [0, 0.05) is 26.6 Å². The maximum atomic E-state index is 13.2. The second-order valence-electron chi connectivity index (χ2n) is 10.7. The molecule has 0 saturated heterocycles. The van der Waals surface area contributed by atoms with Crippen molar-refractivity contribution in [2.75, 3.05) is 26.7 Å². The van der Waals surface area contributed by atoms with Crippen molar-refractivity contribution in [2.45, 2.75) is 70.8 Å². The van der Waals surface area contributed by atoms with Crippen LogP contribution in [0.4, 0.5) is 4.39 Å². The highest BCUT2D eigenvalue weighted by Gasteiger charge is 2.39.